The van der Waals surface area contributed by atoms with Crippen molar-refractivity contribution in [3.8, 4) is 6.07 Å². The molecule has 0 radical (unpaired) electrons. The molecule has 4 heteroatoms. The Balaban J connectivity index is 1.55. The average molecular weight is 254 g/mol. The molecule has 1 fully saturated rings. The molecule has 19 heavy (non-hydrogen) atoms. The minimum absolute atomic E-state index is 0.0511. The number of hydrogen-bond acceptors (Lipinski definition) is 3. The lowest BCUT2D eigenvalue weighted by molar-refractivity contribution is 0.560. The van der Waals surface area contributed by atoms with Crippen molar-refractivity contribution in [2.45, 2.75) is 26.2 Å². The maximum atomic E-state index is 8.99. The van der Waals surface area contributed by atoms with Crippen LogP contribution in [0.15, 0.2) is 18.2 Å². The van der Waals surface area contributed by atoms with Crippen molar-refractivity contribution in [2.75, 3.05) is 13.1 Å². The zero-order chi connectivity index (χ0) is 13.3. The first-order valence-corrected chi connectivity index (χ1v) is 6.78. The van der Waals surface area contributed by atoms with Gasteiger partial charge in [-0.3, -0.25) is 0 Å². The fourth-order valence-corrected chi connectivity index (χ4v) is 2.38. The molecular formula is C15H18N4. The first-order valence-electron chi connectivity index (χ1n) is 6.78. The van der Waals surface area contributed by atoms with Gasteiger partial charge in [0.25, 0.3) is 0 Å². The van der Waals surface area contributed by atoms with Gasteiger partial charge in [0.15, 0.2) is 0 Å². The molecule has 3 rings (SSSR count). The van der Waals surface area contributed by atoms with Gasteiger partial charge >= 0.3 is 0 Å². The molecule has 2 N–H and O–H groups in total. The van der Waals surface area contributed by atoms with Crippen LogP contribution in [0.1, 0.15) is 24.2 Å². The van der Waals surface area contributed by atoms with E-state index >= 15 is 0 Å². The van der Waals surface area contributed by atoms with Crippen molar-refractivity contribution in [1.82, 2.24) is 15.3 Å². The van der Waals surface area contributed by atoms with E-state index in [0.29, 0.717) is 0 Å². The SMILES string of the molecule is Cc1nc2ccc(CCNCC3(C#N)CC3)cc2[nH]1. The normalized spacial score (nSPS) is 16.4. The molecule has 1 aliphatic rings. The van der Waals surface area contributed by atoms with Crippen molar-refractivity contribution in [3.05, 3.63) is 29.6 Å². The molecule has 1 heterocycles. The lowest BCUT2D eigenvalue weighted by Crippen LogP contribution is -2.25. The van der Waals surface area contributed by atoms with Crippen LogP contribution in [-0.2, 0) is 6.42 Å². The largest absolute Gasteiger partial charge is 0.342 e. The van der Waals surface area contributed by atoms with Crippen LogP contribution < -0.4 is 5.32 Å². The maximum absolute atomic E-state index is 8.99. The molecular weight excluding hydrogens is 236 g/mol. The Morgan fingerprint density at radius 1 is 1.47 bits per heavy atom. The van der Waals surface area contributed by atoms with Crippen LogP contribution in [0.3, 0.4) is 0 Å². The molecule has 0 atom stereocenters. The Labute approximate surface area is 112 Å². The number of fused-ring (bicyclic) bond motifs is 1. The Morgan fingerprint density at radius 3 is 3.05 bits per heavy atom. The van der Waals surface area contributed by atoms with Gasteiger partial charge in [0.05, 0.1) is 22.5 Å². The lowest BCUT2D eigenvalue weighted by atomic mass is 10.1. The molecule has 0 unspecified atom stereocenters. The van der Waals surface area contributed by atoms with Crippen LogP contribution in [0, 0.1) is 23.7 Å². The highest BCUT2D eigenvalue weighted by Crippen LogP contribution is 2.43. The summed E-state index contributed by atoms with van der Waals surface area (Å²) in [6.07, 6.45) is 3.08. The Kier molecular flexibility index (Phi) is 3.00. The number of benzene rings is 1. The molecule has 0 saturated heterocycles. The van der Waals surface area contributed by atoms with E-state index in [1.165, 1.54) is 5.56 Å². The third kappa shape index (κ3) is 2.61. The van der Waals surface area contributed by atoms with Gasteiger partial charge in [-0.1, -0.05) is 6.07 Å². The second-order valence-electron chi connectivity index (χ2n) is 5.49. The van der Waals surface area contributed by atoms with Crippen molar-refractivity contribution in [2.24, 2.45) is 5.41 Å². The Hall–Kier alpha value is -1.86. The lowest BCUT2D eigenvalue weighted by Gasteiger charge is -2.07. The van der Waals surface area contributed by atoms with Gasteiger partial charge in [-0.25, -0.2) is 4.98 Å². The predicted octanol–water partition coefficient (Wildman–Crippen LogP) is 2.31. The van der Waals surface area contributed by atoms with Gasteiger partial charge in [0.2, 0.25) is 0 Å². The molecule has 98 valence electrons. The number of hydrogen-bond donors (Lipinski definition) is 2. The van der Waals surface area contributed by atoms with Gasteiger partial charge in [0.1, 0.15) is 5.82 Å². The summed E-state index contributed by atoms with van der Waals surface area (Å²) in [4.78, 5) is 7.65. The van der Waals surface area contributed by atoms with Crippen LogP contribution in [0.5, 0.6) is 0 Å². The van der Waals surface area contributed by atoms with Gasteiger partial charge in [-0.2, -0.15) is 5.26 Å². The smallest absolute Gasteiger partial charge is 0.104 e. The number of nitriles is 1. The third-order valence-electron chi connectivity index (χ3n) is 3.81. The minimum Gasteiger partial charge on any atom is -0.342 e. The molecule has 1 aliphatic carbocycles. The molecule has 1 saturated carbocycles. The number of aryl methyl sites for hydroxylation is 1. The predicted molar refractivity (Wildman–Crippen MR) is 74.7 cm³/mol. The second-order valence-corrected chi connectivity index (χ2v) is 5.49. The Bertz CT molecular complexity index is 631. The number of nitrogens with one attached hydrogen (secondary N) is 2. The van der Waals surface area contributed by atoms with E-state index in [-0.39, 0.29) is 5.41 Å². The number of rotatable bonds is 5. The van der Waals surface area contributed by atoms with E-state index < -0.39 is 0 Å². The number of aromatic nitrogens is 2. The number of H-pyrrole nitrogens is 1. The summed E-state index contributed by atoms with van der Waals surface area (Å²) in [6.45, 7) is 3.72. The molecule has 4 nitrogen and oxygen atoms in total. The quantitative estimate of drug-likeness (QED) is 0.805. The molecule has 0 spiro atoms. The second kappa shape index (κ2) is 4.67. The van der Waals surface area contributed by atoms with Crippen LogP contribution in [0.4, 0.5) is 0 Å². The maximum Gasteiger partial charge on any atom is 0.104 e. The zero-order valence-corrected chi connectivity index (χ0v) is 11.2. The highest BCUT2D eigenvalue weighted by atomic mass is 14.9. The Morgan fingerprint density at radius 2 is 2.32 bits per heavy atom. The average Bonchev–Trinajstić information content (AvgIpc) is 3.09. The van der Waals surface area contributed by atoms with E-state index in [4.69, 9.17) is 5.26 Å². The summed E-state index contributed by atoms with van der Waals surface area (Å²) in [6, 6.07) is 8.75. The van der Waals surface area contributed by atoms with Crippen molar-refractivity contribution in [1.29, 1.82) is 5.26 Å². The van der Waals surface area contributed by atoms with Gasteiger partial charge in [0, 0.05) is 6.54 Å². The molecule has 1 aromatic heterocycles. The zero-order valence-electron chi connectivity index (χ0n) is 11.2. The summed E-state index contributed by atoms with van der Waals surface area (Å²) >= 11 is 0. The van der Waals surface area contributed by atoms with Crippen molar-refractivity contribution in [3.63, 3.8) is 0 Å². The monoisotopic (exact) mass is 254 g/mol. The molecule has 0 amide bonds. The number of nitrogens with zero attached hydrogens (tertiary/aromatic N) is 2. The number of imidazole rings is 1. The first kappa shape index (κ1) is 12.2. The van der Waals surface area contributed by atoms with Crippen molar-refractivity contribution < 1.29 is 0 Å². The summed E-state index contributed by atoms with van der Waals surface area (Å²) in [7, 11) is 0. The fraction of sp³-hybridized carbons (Fsp3) is 0.467. The van der Waals surface area contributed by atoms with Crippen LogP contribution >= 0.6 is 0 Å². The molecule has 0 bridgehead atoms. The highest BCUT2D eigenvalue weighted by molar-refractivity contribution is 5.75. The molecule has 2 aromatic rings. The van der Waals surface area contributed by atoms with Crippen molar-refractivity contribution >= 4 is 11.0 Å². The fourth-order valence-electron chi connectivity index (χ4n) is 2.38. The topological polar surface area (TPSA) is 64.5 Å². The van der Waals surface area contributed by atoms with E-state index in [9.17, 15) is 0 Å². The van der Waals surface area contributed by atoms with Gasteiger partial charge < -0.3 is 10.3 Å². The summed E-state index contributed by atoms with van der Waals surface area (Å²) in [5.41, 5.74) is 3.37. The first-order chi connectivity index (χ1) is 9.21. The molecule has 0 aliphatic heterocycles. The van der Waals surface area contributed by atoms with E-state index in [2.05, 4.69) is 39.6 Å². The van der Waals surface area contributed by atoms with E-state index in [0.717, 1.165) is 49.2 Å². The van der Waals surface area contributed by atoms with Gasteiger partial charge in [-0.05, 0) is 50.4 Å². The van der Waals surface area contributed by atoms with E-state index in [1.807, 2.05) is 6.92 Å². The minimum atomic E-state index is -0.0511. The van der Waals surface area contributed by atoms with E-state index in [1.54, 1.807) is 0 Å². The number of aromatic amines is 1. The molecule has 1 aromatic carbocycles. The van der Waals surface area contributed by atoms with Crippen LogP contribution in [0.25, 0.3) is 11.0 Å². The standard InChI is InChI=1S/C15H18N4/c1-11-18-13-3-2-12(8-14(13)19-11)4-7-17-10-15(9-16)5-6-15/h2-3,8,17H,4-7,10H2,1H3,(H,18,19). The van der Waals surface area contributed by atoms with Crippen LogP contribution in [-0.4, -0.2) is 23.1 Å². The van der Waals surface area contributed by atoms with Gasteiger partial charge in [-0.15, -0.1) is 0 Å². The third-order valence-corrected chi connectivity index (χ3v) is 3.81. The highest BCUT2D eigenvalue weighted by Gasteiger charge is 2.42. The summed E-state index contributed by atoms with van der Waals surface area (Å²) in [5.74, 6) is 0.954. The summed E-state index contributed by atoms with van der Waals surface area (Å²) < 4.78 is 0. The summed E-state index contributed by atoms with van der Waals surface area (Å²) in [5, 5.41) is 12.4. The van der Waals surface area contributed by atoms with Crippen LogP contribution in [0.2, 0.25) is 0 Å².